The predicted octanol–water partition coefficient (Wildman–Crippen LogP) is 7.34. The topological polar surface area (TPSA) is 185 Å². The summed E-state index contributed by atoms with van der Waals surface area (Å²) < 4.78 is 64.8. The van der Waals surface area contributed by atoms with Crippen molar-refractivity contribution in [3.05, 3.63) is 11.5 Å². The lowest BCUT2D eigenvalue weighted by Crippen LogP contribution is -2.24. The van der Waals surface area contributed by atoms with Crippen molar-refractivity contribution in [3.8, 4) is 0 Å². The molecule has 276 valence electrons. The molecule has 2 aromatic rings. The summed E-state index contributed by atoms with van der Waals surface area (Å²) in [7, 11) is -6.13. The highest BCUT2D eigenvalue weighted by molar-refractivity contribution is 8.00. The fraction of sp³-hybridized carbons (Fsp3) is 0.786. The van der Waals surface area contributed by atoms with E-state index in [0.717, 1.165) is 0 Å². The van der Waals surface area contributed by atoms with Gasteiger partial charge in [-0.15, -0.1) is 23.5 Å². The number of carbonyl (C=O) groups is 1. The highest BCUT2D eigenvalue weighted by atomic mass is 35.5. The van der Waals surface area contributed by atoms with Crippen LogP contribution < -0.4 is 5.73 Å². The maximum absolute atomic E-state index is 12.6. The second-order valence-electron chi connectivity index (χ2n) is 10.3. The minimum absolute atomic E-state index is 0. The van der Waals surface area contributed by atoms with Gasteiger partial charge in [0, 0.05) is 12.2 Å². The van der Waals surface area contributed by atoms with Crippen molar-refractivity contribution < 1.29 is 46.2 Å². The van der Waals surface area contributed by atoms with E-state index in [0.29, 0.717) is 62.8 Å². The first-order chi connectivity index (χ1) is 22.3. The summed E-state index contributed by atoms with van der Waals surface area (Å²) in [4.78, 5) is 23.4. The Kier molecular flexibility index (Phi) is 18.1. The van der Waals surface area contributed by atoms with E-state index in [-0.39, 0.29) is 52.1 Å². The van der Waals surface area contributed by atoms with Crippen molar-refractivity contribution in [1.29, 1.82) is 0 Å². The van der Waals surface area contributed by atoms with Gasteiger partial charge in [-0.1, -0.05) is 19.0 Å². The van der Waals surface area contributed by atoms with Gasteiger partial charge in [0.15, 0.2) is 10.8 Å². The van der Waals surface area contributed by atoms with Gasteiger partial charge in [0.25, 0.3) is 0 Å². The number of hydrogen-bond donors (Lipinski definition) is 1. The van der Waals surface area contributed by atoms with Gasteiger partial charge in [-0.2, -0.15) is 9.97 Å². The third kappa shape index (κ3) is 12.4. The first-order valence-corrected chi connectivity index (χ1v) is 21.2. The van der Waals surface area contributed by atoms with Crippen LogP contribution in [-0.2, 0) is 46.2 Å². The monoisotopic (exact) mass is 777 g/mol. The molecule has 2 aromatic heterocycles. The second-order valence-corrected chi connectivity index (χ2v) is 18.1. The Morgan fingerprint density at radius 1 is 0.917 bits per heavy atom. The molecule has 4 rings (SSSR count). The first kappa shape index (κ1) is 43.2. The van der Waals surface area contributed by atoms with Crippen LogP contribution in [0.5, 0.6) is 0 Å². The van der Waals surface area contributed by atoms with Crippen LogP contribution in [0.3, 0.4) is 0 Å². The molecule has 2 N–H and O–H groups in total. The average molecular weight is 778 g/mol. The summed E-state index contributed by atoms with van der Waals surface area (Å²) in [5.74, 6) is -0.282. The lowest BCUT2D eigenvalue weighted by molar-refractivity contribution is -0.174. The zero-order valence-electron chi connectivity index (χ0n) is 27.7. The number of rotatable bonds is 16. The molecular weight excluding hydrogens is 728 g/mol. The SMILES string of the molecule is C.CCOP(=O)(CC[C@@H]1OC(OC(C)=O)[C@@H](C)S1)OCC.CCOP(=O)(CC[C@@H]1O[C@H](n2cnc3c(Cl)nc(N)nc32)[C@@H](C)S1)OCC. The Labute approximate surface area is 296 Å². The van der Waals surface area contributed by atoms with Crippen molar-refractivity contribution in [2.24, 2.45) is 0 Å². The molecule has 48 heavy (non-hydrogen) atoms. The van der Waals surface area contributed by atoms with Gasteiger partial charge in [0.05, 0.1) is 50.3 Å². The molecule has 6 atom stereocenters. The van der Waals surface area contributed by atoms with E-state index in [9.17, 15) is 13.9 Å². The Balaban J connectivity index is 0.000000342. The normalized spacial score (nSPS) is 24.2. The second kappa shape index (κ2) is 20.2. The third-order valence-corrected chi connectivity index (χ3v) is 13.7. The van der Waals surface area contributed by atoms with Gasteiger partial charge in [-0.25, -0.2) is 4.98 Å². The summed E-state index contributed by atoms with van der Waals surface area (Å²) in [6, 6.07) is 0. The highest BCUT2D eigenvalue weighted by Gasteiger charge is 2.38. The molecule has 0 radical (unpaired) electrons. The van der Waals surface area contributed by atoms with Gasteiger partial charge >= 0.3 is 21.2 Å². The van der Waals surface area contributed by atoms with Gasteiger partial charge in [-0.05, 0) is 54.4 Å². The number of aromatic nitrogens is 4. The fourth-order valence-corrected chi connectivity index (χ4v) is 11.1. The van der Waals surface area contributed by atoms with Crippen LogP contribution in [0.1, 0.15) is 75.0 Å². The molecule has 15 nitrogen and oxygen atoms in total. The number of esters is 1. The zero-order valence-corrected chi connectivity index (χ0v) is 31.9. The van der Waals surface area contributed by atoms with E-state index in [1.165, 1.54) is 6.92 Å². The van der Waals surface area contributed by atoms with Crippen LogP contribution in [0, 0.1) is 0 Å². The third-order valence-electron chi connectivity index (χ3n) is 6.63. The number of carbonyl (C=O) groups excluding carboxylic acids is 1. The van der Waals surface area contributed by atoms with E-state index < -0.39 is 21.5 Å². The predicted molar refractivity (Wildman–Crippen MR) is 191 cm³/mol. The molecular formula is C28H50ClN5O10P2S2. The lowest BCUT2D eigenvalue weighted by Gasteiger charge is -2.19. The minimum atomic E-state index is -3.09. The summed E-state index contributed by atoms with van der Waals surface area (Å²) in [6.07, 6.45) is 2.47. The Hall–Kier alpha value is -0.970. The van der Waals surface area contributed by atoms with Crippen LogP contribution in [0.4, 0.5) is 5.95 Å². The summed E-state index contributed by atoms with van der Waals surface area (Å²) in [5.41, 5.74) is 6.41. The Morgan fingerprint density at radius 3 is 1.92 bits per heavy atom. The number of nitrogens with zero attached hydrogens (tertiary/aromatic N) is 4. The quantitative estimate of drug-likeness (QED) is 0.101. The number of imidazole rings is 1. The molecule has 4 heterocycles. The number of fused-ring (bicyclic) bond motifs is 1. The Morgan fingerprint density at radius 2 is 1.42 bits per heavy atom. The molecule has 0 spiro atoms. The maximum Gasteiger partial charge on any atom is 0.330 e. The van der Waals surface area contributed by atoms with Crippen LogP contribution >= 0.6 is 50.3 Å². The van der Waals surface area contributed by atoms with Crippen molar-refractivity contribution in [2.45, 2.75) is 103 Å². The standard InChI is InChI=1S/C15H23ClN5O4PS.C12H23O6PS.CH4/c1-4-23-26(22,24-5-2)7-6-10-25-14(9(3)27-10)21-8-18-11-12(16)19-15(17)20-13(11)21;1-5-15-19(14,16-6-2)8-7-11-18-12(9(3)20-11)17-10(4)13;/h8-10,14H,4-7H2,1-3H3,(H2,17,19,20);9,11-12H,5-8H2,1-4H3;1H4/t9-,10-,14+;9-,11-,12?;/m11./s1. The maximum atomic E-state index is 12.6. The van der Waals surface area contributed by atoms with Crippen molar-refractivity contribution >= 4 is 73.4 Å². The molecule has 0 bridgehead atoms. The fourth-order valence-electron chi connectivity index (χ4n) is 4.78. The number of halogens is 1. The van der Waals surface area contributed by atoms with Crippen LogP contribution in [0.2, 0.25) is 5.15 Å². The summed E-state index contributed by atoms with van der Waals surface area (Å²) >= 11 is 9.31. The molecule has 2 aliphatic rings. The molecule has 2 fully saturated rings. The van der Waals surface area contributed by atoms with E-state index in [1.807, 2.05) is 11.5 Å². The Bertz CT molecular complexity index is 1390. The molecule has 20 heteroatoms. The van der Waals surface area contributed by atoms with Crippen molar-refractivity contribution in [1.82, 2.24) is 19.5 Å². The molecule has 1 unspecified atom stereocenters. The first-order valence-electron chi connectivity index (χ1n) is 15.5. The highest BCUT2D eigenvalue weighted by Crippen LogP contribution is 2.52. The van der Waals surface area contributed by atoms with Crippen molar-refractivity contribution in [3.63, 3.8) is 0 Å². The van der Waals surface area contributed by atoms with Crippen LogP contribution in [-0.4, -0.2) is 91.9 Å². The van der Waals surface area contributed by atoms with E-state index in [4.69, 9.17) is 49.6 Å². The van der Waals surface area contributed by atoms with Gasteiger partial charge in [-0.3, -0.25) is 18.5 Å². The molecule has 0 aromatic carbocycles. The molecule has 0 amide bonds. The zero-order chi connectivity index (χ0) is 34.8. The molecule has 0 saturated carbocycles. The number of ether oxygens (including phenoxy) is 3. The average Bonchev–Trinajstić information content (AvgIpc) is 3.68. The summed E-state index contributed by atoms with van der Waals surface area (Å²) in [6.45, 7) is 13.9. The number of thioether (sulfide) groups is 2. The summed E-state index contributed by atoms with van der Waals surface area (Å²) in [5, 5.41) is 0.392. The lowest BCUT2D eigenvalue weighted by atomic mass is 10.4. The van der Waals surface area contributed by atoms with E-state index in [1.54, 1.807) is 57.5 Å². The minimum Gasteiger partial charge on any atom is -0.435 e. The van der Waals surface area contributed by atoms with Crippen LogP contribution in [0.15, 0.2) is 6.33 Å². The largest absolute Gasteiger partial charge is 0.435 e. The van der Waals surface area contributed by atoms with Gasteiger partial charge < -0.3 is 38.0 Å². The number of hydrogen-bond acceptors (Lipinski definition) is 16. The van der Waals surface area contributed by atoms with Crippen molar-refractivity contribution in [2.75, 3.05) is 44.5 Å². The molecule has 2 aliphatic heterocycles. The smallest absolute Gasteiger partial charge is 0.330 e. The van der Waals surface area contributed by atoms with Crippen LogP contribution in [0.25, 0.3) is 11.2 Å². The van der Waals surface area contributed by atoms with E-state index >= 15 is 0 Å². The van der Waals surface area contributed by atoms with Gasteiger partial charge in [0.1, 0.15) is 22.6 Å². The van der Waals surface area contributed by atoms with Gasteiger partial charge in [0.2, 0.25) is 12.2 Å². The number of nitrogens with two attached hydrogens (primary N) is 1. The molecule has 0 aliphatic carbocycles. The number of nitrogen functional groups attached to an aromatic ring is 1. The number of anilines is 1. The molecule has 2 saturated heterocycles. The van der Waals surface area contributed by atoms with E-state index in [2.05, 4.69) is 21.9 Å².